The number of hydrogen-bond donors (Lipinski definition) is 4. The van der Waals surface area contributed by atoms with Crippen molar-refractivity contribution in [1.29, 1.82) is 0 Å². The lowest BCUT2D eigenvalue weighted by Crippen LogP contribution is -2.19. The monoisotopic (exact) mass is 474 g/mol. The number of nitrogens with zero attached hydrogens (tertiary/aromatic N) is 4. The summed E-state index contributed by atoms with van der Waals surface area (Å²) in [5.41, 5.74) is 6.35. The molecule has 0 atom stereocenters. The average Bonchev–Trinajstić information content (AvgIpc) is 3.64. The Hall–Kier alpha value is -5.18. The van der Waals surface area contributed by atoms with Crippen molar-refractivity contribution in [3.8, 4) is 28.3 Å². The fraction of sp³-hybridized carbons (Fsp3) is 0.0370. The topological polar surface area (TPSA) is 116 Å². The third kappa shape index (κ3) is 4.21. The molecular formula is C27H22N8O. The molecule has 0 saturated heterocycles. The number of benzene rings is 2. The van der Waals surface area contributed by atoms with Gasteiger partial charge in [0.25, 0.3) is 0 Å². The van der Waals surface area contributed by atoms with E-state index in [-0.39, 0.29) is 6.03 Å². The van der Waals surface area contributed by atoms with Crippen LogP contribution >= 0.6 is 0 Å². The van der Waals surface area contributed by atoms with E-state index in [4.69, 9.17) is 0 Å². The van der Waals surface area contributed by atoms with E-state index < -0.39 is 0 Å². The molecule has 9 heteroatoms. The highest BCUT2D eigenvalue weighted by molar-refractivity contribution is 5.99. The first-order valence-electron chi connectivity index (χ1n) is 11.4. The number of H-pyrrole nitrogens is 2. The molecule has 6 rings (SSSR count). The largest absolute Gasteiger partial charge is 0.354 e. The first-order chi connectivity index (χ1) is 17.6. The van der Waals surface area contributed by atoms with Crippen LogP contribution in [0.4, 0.5) is 16.3 Å². The number of rotatable bonds is 5. The minimum Gasteiger partial charge on any atom is -0.354 e. The van der Waals surface area contributed by atoms with E-state index in [1.54, 1.807) is 18.6 Å². The Kier molecular flexibility index (Phi) is 5.27. The summed E-state index contributed by atoms with van der Waals surface area (Å²) in [6.07, 6.45) is 5.49. The van der Waals surface area contributed by atoms with Crippen LogP contribution in [0, 0.1) is 6.92 Å². The Labute approximate surface area is 206 Å². The zero-order valence-electron chi connectivity index (χ0n) is 19.4. The summed E-state index contributed by atoms with van der Waals surface area (Å²) in [4.78, 5) is 24.8. The van der Waals surface area contributed by atoms with Crippen LogP contribution in [0.15, 0.2) is 91.5 Å². The number of nitrogens with one attached hydrogen (secondary N) is 4. The Balaban J connectivity index is 1.16. The molecule has 0 saturated carbocycles. The molecule has 4 aromatic heterocycles. The lowest BCUT2D eigenvalue weighted by atomic mass is 10.1. The van der Waals surface area contributed by atoms with Gasteiger partial charge >= 0.3 is 6.03 Å². The van der Waals surface area contributed by atoms with Crippen LogP contribution < -0.4 is 10.6 Å². The van der Waals surface area contributed by atoms with Crippen molar-refractivity contribution >= 4 is 28.4 Å². The number of aryl methyl sites for hydroxylation is 1. The second kappa shape index (κ2) is 8.88. The molecule has 0 unspecified atom stereocenters. The first kappa shape index (κ1) is 21.4. The smallest absolute Gasteiger partial charge is 0.324 e. The van der Waals surface area contributed by atoms with E-state index >= 15 is 0 Å². The normalized spacial score (nSPS) is 11.0. The third-order valence-corrected chi connectivity index (χ3v) is 5.84. The molecule has 2 aromatic carbocycles. The average molecular weight is 475 g/mol. The summed E-state index contributed by atoms with van der Waals surface area (Å²) in [7, 11) is 0. The number of hydrogen-bond acceptors (Lipinski definition) is 4. The van der Waals surface area contributed by atoms with Gasteiger partial charge in [-0.15, -0.1) is 0 Å². The first-order valence-corrected chi connectivity index (χ1v) is 11.4. The van der Waals surface area contributed by atoms with Crippen molar-refractivity contribution < 1.29 is 4.79 Å². The minimum absolute atomic E-state index is 0.370. The highest BCUT2D eigenvalue weighted by Gasteiger charge is 2.11. The Morgan fingerprint density at radius 2 is 1.69 bits per heavy atom. The summed E-state index contributed by atoms with van der Waals surface area (Å²) in [6.45, 7) is 1.95. The van der Waals surface area contributed by atoms with Gasteiger partial charge in [-0.3, -0.25) is 15.0 Å². The van der Waals surface area contributed by atoms with Gasteiger partial charge in [-0.05, 0) is 42.3 Å². The lowest BCUT2D eigenvalue weighted by Gasteiger charge is -2.06. The molecule has 176 valence electrons. The number of aromatic nitrogens is 6. The van der Waals surface area contributed by atoms with Gasteiger partial charge in [0.15, 0.2) is 5.82 Å². The van der Waals surface area contributed by atoms with Crippen molar-refractivity contribution in [3.63, 3.8) is 0 Å². The molecule has 0 aliphatic heterocycles. The zero-order valence-corrected chi connectivity index (χ0v) is 19.4. The van der Waals surface area contributed by atoms with Gasteiger partial charge in [0.2, 0.25) is 0 Å². The highest BCUT2D eigenvalue weighted by Crippen LogP contribution is 2.28. The van der Waals surface area contributed by atoms with Crippen molar-refractivity contribution in [2.24, 2.45) is 0 Å². The van der Waals surface area contributed by atoms with E-state index in [0.29, 0.717) is 11.5 Å². The van der Waals surface area contributed by atoms with Gasteiger partial charge in [0, 0.05) is 35.2 Å². The zero-order chi connectivity index (χ0) is 24.5. The predicted molar refractivity (Wildman–Crippen MR) is 140 cm³/mol. The molecule has 4 heterocycles. The van der Waals surface area contributed by atoms with E-state index in [2.05, 4.69) is 41.8 Å². The maximum atomic E-state index is 12.5. The lowest BCUT2D eigenvalue weighted by molar-refractivity contribution is 0.262. The summed E-state index contributed by atoms with van der Waals surface area (Å²) in [5.74, 6) is 1.26. The standard InChI is InChI=1S/C27H22N8O/c1-17-15-35(16-29-17)26-21-13-23(31-22(21)11-12-28-26)19-7-9-20(10-8-19)30-27(36)32-25-14-24(33-34-25)18-5-3-2-4-6-18/h2-16,31H,1H3,(H3,30,32,33,34,36). The number of carbonyl (C=O) groups excluding carboxylic acids is 1. The fourth-order valence-corrected chi connectivity index (χ4v) is 4.10. The number of fused-ring (bicyclic) bond motifs is 1. The second-order valence-electron chi connectivity index (χ2n) is 8.39. The summed E-state index contributed by atoms with van der Waals surface area (Å²) in [6, 6.07) is 22.9. The van der Waals surface area contributed by atoms with Gasteiger partial charge in [-0.2, -0.15) is 5.10 Å². The van der Waals surface area contributed by atoms with Crippen LogP contribution in [0.5, 0.6) is 0 Å². The molecule has 0 spiro atoms. The fourth-order valence-electron chi connectivity index (χ4n) is 4.10. The Morgan fingerprint density at radius 1 is 0.889 bits per heavy atom. The summed E-state index contributed by atoms with van der Waals surface area (Å²) < 4.78 is 1.92. The van der Waals surface area contributed by atoms with Crippen LogP contribution in [-0.2, 0) is 0 Å². The second-order valence-corrected chi connectivity index (χ2v) is 8.39. The van der Waals surface area contributed by atoms with Gasteiger partial charge in [0.05, 0.1) is 16.9 Å². The predicted octanol–water partition coefficient (Wildman–Crippen LogP) is 5.76. The third-order valence-electron chi connectivity index (χ3n) is 5.84. The van der Waals surface area contributed by atoms with Gasteiger partial charge in [-0.25, -0.2) is 14.8 Å². The van der Waals surface area contributed by atoms with Crippen molar-refractivity contribution in [1.82, 2.24) is 29.7 Å². The SMILES string of the molecule is Cc1cn(-c2nccc3[nH]c(-c4ccc(NC(=O)Nc5cc(-c6ccccc6)[nH]n5)cc4)cc23)cn1. The molecule has 0 aliphatic carbocycles. The number of urea groups is 1. The maximum Gasteiger partial charge on any atom is 0.324 e. The van der Waals surface area contributed by atoms with Crippen molar-refractivity contribution in [2.45, 2.75) is 6.92 Å². The molecule has 0 bridgehead atoms. The van der Waals surface area contributed by atoms with E-state index in [9.17, 15) is 4.79 Å². The van der Waals surface area contributed by atoms with Crippen LogP contribution in [0.1, 0.15) is 5.69 Å². The van der Waals surface area contributed by atoms with Gasteiger partial charge in [0.1, 0.15) is 12.1 Å². The Bertz CT molecular complexity index is 1660. The van der Waals surface area contributed by atoms with Gasteiger partial charge in [-0.1, -0.05) is 42.5 Å². The van der Waals surface area contributed by atoms with E-state index in [0.717, 1.165) is 44.9 Å². The minimum atomic E-state index is -0.370. The number of aromatic amines is 2. The summed E-state index contributed by atoms with van der Waals surface area (Å²) in [5, 5.41) is 13.7. The van der Waals surface area contributed by atoms with Crippen LogP contribution in [0.25, 0.3) is 39.2 Å². The van der Waals surface area contributed by atoms with E-state index in [1.165, 1.54) is 0 Å². The number of pyridine rings is 1. The molecular weight excluding hydrogens is 452 g/mol. The number of imidazole rings is 1. The molecule has 0 radical (unpaired) electrons. The van der Waals surface area contributed by atoms with E-state index in [1.807, 2.05) is 78.4 Å². The molecule has 9 nitrogen and oxygen atoms in total. The van der Waals surface area contributed by atoms with Crippen LogP contribution in [-0.4, -0.2) is 35.7 Å². The van der Waals surface area contributed by atoms with Gasteiger partial charge < -0.3 is 10.3 Å². The molecule has 6 aromatic rings. The number of anilines is 2. The van der Waals surface area contributed by atoms with Crippen LogP contribution in [0.2, 0.25) is 0 Å². The molecule has 0 aliphatic rings. The Morgan fingerprint density at radius 3 is 2.47 bits per heavy atom. The quantitative estimate of drug-likeness (QED) is 0.254. The summed E-state index contributed by atoms with van der Waals surface area (Å²) >= 11 is 0. The van der Waals surface area contributed by atoms with Crippen molar-refractivity contribution in [3.05, 3.63) is 97.2 Å². The maximum absolute atomic E-state index is 12.5. The number of amides is 2. The highest BCUT2D eigenvalue weighted by atomic mass is 16.2. The van der Waals surface area contributed by atoms with Crippen molar-refractivity contribution in [2.75, 3.05) is 10.6 Å². The number of carbonyl (C=O) groups is 1. The molecule has 2 amide bonds. The molecule has 36 heavy (non-hydrogen) atoms. The molecule has 0 fully saturated rings. The molecule has 4 N–H and O–H groups in total. The van der Waals surface area contributed by atoms with Crippen LogP contribution in [0.3, 0.4) is 0 Å².